The lowest BCUT2D eigenvalue weighted by Gasteiger charge is -2.15. The molecule has 66 valence electrons. The minimum atomic E-state index is 0.628. The molecule has 0 aromatic carbocycles. The molecule has 0 atom stereocenters. The Balaban J connectivity index is 2.18. The van der Waals surface area contributed by atoms with Crippen LogP contribution in [0.1, 0.15) is 18.4 Å². The van der Waals surface area contributed by atoms with Gasteiger partial charge in [0.2, 0.25) is 0 Å². The Morgan fingerprint density at radius 3 is 2.62 bits per heavy atom. The van der Waals surface area contributed by atoms with E-state index in [9.17, 15) is 0 Å². The van der Waals surface area contributed by atoms with E-state index in [1.54, 1.807) is 6.20 Å². The summed E-state index contributed by atoms with van der Waals surface area (Å²) in [6.45, 7) is 2.19. The number of hydrogen-bond donors (Lipinski definition) is 0. The average Bonchev–Trinajstić information content (AvgIpc) is 2.71. The molecule has 2 heterocycles. The quantitative estimate of drug-likeness (QED) is 0.647. The summed E-state index contributed by atoms with van der Waals surface area (Å²) in [5, 5.41) is 8.59. The lowest BCUT2D eigenvalue weighted by Crippen LogP contribution is -2.18. The van der Waals surface area contributed by atoms with Gasteiger partial charge in [-0.05, 0) is 25.0 Å². The largest absolute Gasteiger partial charge is 0.357 e. The summed E-state index contributed by atoms with van der Waals surface area (Å²) in [4.78, 5) is 6.49. The van der Waals surface area contributed by atoms with Crippen LogP contribution in [-0.2, 0) is 0 Å². The summed E-state index contributed by atoms with van der Waals surface area (Å²) < 4.78 is 0. The monoisotopic (exact) mass is 173 g/mol. The van der Waals surface area contributed by atoms with Crippen LogP contribution >= 0.6 is 0 Å². The molecule has 1 aromatic heterocycles. The van der Waals surface area contributed by atoms with Gasteiger partial charge in [0.15, 0.2) is 0 Å². The molecule has 1 aliphatic rings. The number of aromatic nitrogens is 1. The molecule has 1 saturated heterocycles. The highest BCUT2D eigenvalue weighted by Gasteiger charge is 2.12. The maximum absolute atomic E-state index is 8.59. The smallest absolute Gasteiger partial charge is 0.128 e. The van der Waals surface area contributed by atoms with Crippen molar-refractivity contribution in [2.75, 3.05) is 18.0 Å². The van der Waals surface area contributed by atoms with Crippen molar-refractivity contribution in [1.29, 1.82) is 5.26 Å². The SMILES string of the molecule is N#Cc1ccc(N2CCCC2)nc1. The van der Waals surface area contributed by atoms with Crippen molar-refractivity contribution in [3.05, 3.63) is 23.9 Å². The van der Waals surface area contributed by atoms with Gasteiger partial charge in [0.25, 0.3) is 0 Å². The third-order valence-corrected chi connectivity index (χ3v) is 2.31. The second kappa shape index (κ2) is 3.44. The summed E-state index contributed by atoms with van der Waals surface area (Å²) in [5.41, 5.74) is 0.628. The molecule has 0 N–H and O–H groups in total. The van der Waals surface area contributed by atoms with Gasteiger partial charge in [-0.1, -0.05) is 0 Å². The first-order valence-corrected chi connectivity index (χ1v) is 4.51. The molecule has 0 radical (unpaired) electrons. The van der Waals surface area contributed by atoms with Crippen LogP contribution in [0.5, 0.6) is 0 Å². The second-order valence-corrected chi connectivity index (χ2v) is 3.21. The van der Waals surface area contributed by atoms with E-state index in [1.165, 1.54) is 12.8 Å². The van der Waals surface area contributed by atoms with Gasteiger partial charge in [0, 0.05) is 19.3 Å². The van der Waals surface area contributed by atoms with E-state index in [0.717, 1.165) is 18.9 Å². The standard InChI is InChI=1S/C10H11N3/c11-7-9-3-4-10(12-8-9)13-5-1-2-6-13/h3-4,8H,1-2,5-6H2. The Labute approximate surface area is 77.6 Å². The lowest BCUT2D eigenvalue weighted by atomic mass is 10.3. The van der Waals surface area contributed by atoms with Crippen molar-refractivity contribution in [1.82, 2.24) is 4.98 Å². The number of anilines is 1. The normalized spacial score (nSPS) is 15.8. The molecule has 0 saturated carbocycles. The van der Waals surface area contributed by atoms with Crippen LogP contribution in [0.25, 0.3) is 0 Å². The predicted molar refractivity (Wildman–Crippen MR) is 50.4 cm³/mol. The topological polar surface area (TPSA) is 39.9 Å². The van der Waals surface area contributed by atoms with Crippen molar-refractivity contribution >= 4 is 5.82 Å². The Hall–Kier alpha value is -1.56. The van der Waals surface area contributed by atoms with Gasteiger partial charge in [-0.3, -0.25) is 0 Å². The highest BCUT2D eigenvalue weighted by atomic mass is 15.2. The molecule has 0 amide bonds. The third kappa shape index (κ3) is 1.62. The van der Waals surface area contributed by atoms with E-state index in [2.05, 4.69) is 16.0 Å². The van der Waals surface area contributed by atoms with Crippen LogP contribution in [-0.4, -0.2) is 18.1 Å². The van der Waals surface area contributed by atoms with Crippen molar-refractivity contribution in [2.45, 2.75) is 12.8 Å². The fraction of sp³-hybridized carbons (Fsp3) is 0.400. The zero-order valence-electron chi connectivity index (χ0n) is 7.40. The van der Waals surface area contributed by atoms with Crippen molar-refractivity contribution < 1.29 is 0 Å². The van der Waals surface area contributed by atoms with Crippen LogP contribution in [0.15, 0.2) is 18.3 Å². The van der Waals surface area contributed by atoms with Gasteiger partial charge in [0.1, 0.15) is 11.9 Å². The van der Waals surface area contributed by atoms with Crippen LogP contribution in [0.2, 0.25) is 0 Å². The molecule has 0 spiro atoms. The lowest BCUT2D eigenvalue weighted by molar-refractivity contribution is 0.937. The fourth-order valence-corrected chi connectivity index (χ4v) is 1.59. The second-order valence-electron chi connectivity index (χ2n) is 3.21. The van der Waals surface area contributed by atoms with Crippen LogP contribution in [0, 0.1) is 11.3 Å². The maximum Gasteiger partial charge on any atom is 0.128 e. The van der Waals surface area contributed by atoms with E-state index in [0.29, 0.717) is 5.56 Å². The number of pyridine rings is 1. The first-order chi connectivity index (χ1) is 6.40. The highest BCUT2D eigenvalue weighted by molar-refractivity contribution is 5.42. The summed E-state index contributed by atoms with van der Waals surface area (Å²) in [7, 11) is 0. The van der Waals surface area contributed by atoms with Gasteiger partial charge >= 0.3 is 0 Å². The molecule has 3 nitrogen and oxygen atoms in total. The van der Waals surface area contributed by atoms with Crippen LogP contribution in [0.4, 0.5) is 5.82 Å². The molecule has 0 aliphatic carbocycles. The molecule has 2 rings (SSSR count). The maximum atomic E-state index is 8.59. The molecule has 0 unspecified atom stereocenters. The molecule has 1 aromatic rings. The molecular formula is C10H11N3. The first kappa shape index (κ1) is 8.06. The van der Waals surface area contributed by atoms with Gasteiger partial charge in [0.05, 0.1) is 5.56 Å². The van der Waals surface area contributed by atoms with Gasteiger partial charge in [-0.25, -0.2) is 4.98 Å². The summed E-state index contributed by atoms with van der Waals surface area (Å²) >= 11 is 0. The molecule has 1 fully saturated rings. The average molecular weight is 173 g/mol. The number of nitriles is 1. The number of hydrogen-bond acceptors (Lipinski definition) is 3. The Bertz CT molecular complexity index is 317. The first-order valence-electron chi connectivity index (χ1n) is 4.51. The van der Waals surface area contributed by atoms with Crippen molar-refractivity contribution in [3.63, 3.8) is 0 Å². The molecule has 1 aliphatic heterocycles. The summed E-state index contributed by atoms with van der Waals surface area (Å²) in [6, 6.07) is 5.80. The Morgan fingerprint density at radius 1 is 1.31 bits per heavy atom. The fourth-order valence-electron chi connectivity index (χ4n) is 1.59. The zero-order valence-corrected chi connectivity index (χ0v) is 7.40. The Kier molecular flexibility index (Phi) is 2.13. The summed E-state index contributed by atoms with van der Waals surface area (Å²) in [6.07, 6.45) is 4.14. The molecule has 13 heavy (non-hydrogen) atoms. The van der Waals surface area contributed by atoms with Crippen LogP contribution in [0.3, 0.4) is 0 Å². The van der Waals surface area contributed by atoms with E-state index >= 15 is 0 Å². The van der Waals surface area contributed by atoms with E-state index < -0.39 is 0 Å². The van der Waals surface area contributed by atoms with E-state index in [-0.39, 0.29) is 0 Å². The van der Waals surface area contributed by atoms with Gasteiger partial charge < -0.3 is 4.90 Å². The number of rotatable bonds is 1. The minimum absolute atomic E-state index is 0.628. The summed E-state index contributed by atoms with van der Waals surface area (Å²) in [5.74, 6) is 0.997. The third-order valence-electron chi connectivity index (χ3n) is 2.31. The van der Waals surface area contributed by atoms with E-state index in [4.69, 9.17) is 5.26 Å². The van der Waals surface area contributed by atoms with Crippen LogP contribution < -0.4 is 4.90 Å². The van der Waals surface area contributed by atoms with Gasteiger partial charge in [-0.2, -0.15) is 5.26 Å². The Morgan fingerprint density at radius 2 is 2.08 bits per heavy atom. The minimum Gasteiger partial charge on any atom is -0.357 e. The molecule has 0 bridgehead atoms. The van der Waals surface area contributed by atoms with Gasteiger partial charge in [-0.15, -0.1) is 0 Å². The molecular weight excluding hydrogens is 162 g/mol. The van der Waals surface area contributed by atoms with Crippen molar-refractivity contribution in [2.24, 2.45) is 0 Å². The number of nitrogens with zero attached hydrogens (tertiary/aromatic N) is 3. The predicted octanol–water partition coefficient (Wildman–Crippen LogP) is 1.55. The van der Waals surface area contributed by atoms with Crippen molar-refractivity contribution in [3.8, 4) is 6.07 Å². The molecule has 3 heteroatoms. The highest BCUT2D eigenvalue weighted by Crippen LogP contribution is 2.16. The van der Waals surface area contributed by atoms with E-state index in [1.807, 2.05) is 12.1 Å². The zero-order chi connectivity index (χ0) is 9.10.